The Bertz CT molecular complexity index is 445. The molecular formula is C13H17N3. The summed E-state index contributed by atoms with van der Waals surface area (Å²) < 4.78 is 1.88. The molecule has 16 heavy (non-hydrogen) atoms. The maximum Gasteiger partial charge on any atom is 0.123 e. The number of rotatable bonds is 4. The normalized spacial score (nSPS) is 10.4. The van der Waals surface area contributed by atoms with Crippen LogP contribution in [-0.2, 0) is 19.9 Å². The standard InChI is InChI=1S/C13H17N3/c1-14-13-10-12(15-16(13)2)9-8-11-6-4-3-5-7-11/h3-7,10,14H,8-9H2,1-2H3. The molecule has 0 aliphatic rings. The number of nitrogens with one attached hydrogen (secondary N) is 1. The van der Waals surface area contributed by atoms with Gasteiger partial charge in [0, 0.05) is 20.2 Å². The number of nitrogens with zero attached hydrogens (tertiary/aromatic N) is 2. The van der Waals surface area contributed by atoms with Gasteiger partial charge in [-0.15, -0.1) is 0 Å². The van der Waals surface area contributed by atoms with Gasteiger partial charge in [-0.25, -0.2) is 0 Å². The molecule has 1 aromatic heterocycles. The lowest BCUT2D eigenvalue weighted by atomic mass is 10.1. The molecule has 0 fully saturated rings. The highest BCUT2D eigenvalue weighted by atomic mass is 15.3. The quantitative estimate of drug-likeness (QED) is 0.847. The summed E-state index contributed by atoms with van der Waals surface area (Å²) >= 11 is 0. The molecule has 1 N–H and O–H groups in total. The largest absolute Gasteiger partial charge is 0.373 e. The summed E-state index contributed by atoms with van der Waals surface area (Å²) in [4.78, 5) is 0. The average molecular weight is 215 g/mol. The van der Waals surface area contributed by atoms with Crippen molar-refractivity contribution in [2.75, 3.05) is 12.4 Å². The molecule has 0 radical (unpaired) electrons. The number of benzene rings is 1. The topological polar surface area (TPSA) is 29.9 Å². The predicted octanol–water partition coefficient (Wildman–Crippen LogP) is 2.25. The third-order valence-corrected chi connectivity index (χ3v) is 2.70. The Morgan fingerprint density at radius 3 is 2.56 bits per heavy atom. The van der Waals surface area contributed by atoms with Crippen molar-refractivity contribution in [3.05, 3.63) is 47.7 Å². The zero-order chi connectivity index (χ0) is 11.4. The number of aryl methyl sites for hydroxylation is 3. The van der Waals surface area contributed by atoms with Gasteiger partial charge < -0.3 is 5.32 Å². The van der Waals surface area contributed by atoms with E-state index in [4.69, 9.17) is 0 Å². The highest BCUT2D eigenvalue weighted by Crippen LogP contribution is 2.11. The van der Waals surface area contributed by atoms with Crippen molar-refractivity contribution in [2.45, 2.75) is 12.8 Å². The van der Waals surface area contributed by atoms with Gasteiger partial charge in [-0.2, -0.15) is 5.10 Å². The van der Waals surface area contributed by atoms with Crippen LogP contribution in [0.15, 0.2) is 36.4 Å². The van der Waals surface area contributed by atoms with Crippen LogP contribution in [0, 0.1) is 0 Å². The van der Waals surface area contributed by atoms with Crippen molar-refractivity contribution in [3.63, 3.8) is 0 Å². The minimum Gasteiger partial charge on any atom is -0.373 e. The molecule has 3 heteroatoms. The highest BCUT2D eigenvalue weighted by molar-refractivity contribution is 5.36. The number of anilines is 1. The zero-order valence-electron chi connectivity index (χ0n) is 9.77. The molecule has 2 aromatic rings. The van der Waals surface area contributed by atoms with Crippen molar-refractivity contribution >= 4 is 5.82 Å². The van der Waals surface area contributed by atoms with Crippen LogP contribution in [0.2, 0.25) is 0 Å². The van der Waals surface area contributed by atoms with E-state index in [-0.39, 0.29) is 0 Å². The van der Waals surface area contributed by atoms with Gasteiger partial charge in [0.05, 0.1) is 5.69 Å². The second-order valence-electron chi connectivity index (χ2n) is 3.88. The third-order valence-electron chi connectivity index (χ3n) is 2.70. The molecule has 0 saturated heterocycles. The summed E-state index contributed by atoms with van der Waals surface area (Å²) in [6.45, 7) is 0. The van der Waals surface area contributed by atoms with Crippen LogP contribution < -0.4 is 5.32 Å². The number of hydrogen-bond donors (Lipinski definition) is 1. The molecular weight excluding hydrogens is 198 g/mol. The van der Waals surface area contributed by atoms with E-state index in [1.807, 2.05) is 24.8 Å². The highest BCUT2D eigenvalue weighted by Gasteiger charge is 2.03. The van der Waals surface area contributed by atoms with Crippen LogP contribution in [-0.4, -0.2) is 16.8 Å². The molecule has 0 atom stereocenters. The summed E-state index contributed by atoms with van der Waals surface area (Å²) in [6.07, 6.45) is 2.03. The molecule has 2 rings (SSSR count). The first-order valence-electron chi connectivity index (χ1n) is 5.54. The van der Waals surface area contributed by atoms with Gasteiger partial charge in [0.25, 0.3) is 0 Å². The molecule has 0 unspecified atom stereocenters. The molecule has 0 aliphatic carbocycles. The fourth-order valence-electron chi connectivity index (χ4n) is 1.80. The summed E-state index contributed by atoms with van der Waals surface area (Å²) in [5.41, 5.74) is 2.50. The lowest BCUT2D eigenvalue weighted by Gasteiger charge is -1.97. The van der Waals surface area contributed by atoms with Gasteiger partial charge in [0.2, 0.25) is 0 Å². The monoisotopic (exact) mass is 215 g/mol. The third kappa shape index (κ3) is 2.42. The first kappa shape index (κ1) is 10.7. The van der Waals surface area contributed by atoms with E-state index in [0.717, 1.165) is 24.4 Å². The first-order valence-corrected chi connectivity index (χ1v) is 5.54. The van der Waals surface area contributed by atoms with Crippen LogP contribution >= 0.6 is 0 Å². The Kier molecular flexibility index (Phi) is 3.25. The lowest BCUT2D eigenvalue weighted by Crippen LogP contribution is -1.98. The smallest absolute Gasteiger partial charge is 0.123 e. The van der Waals surface area contributed by atoms with E-state index in [2.05, 4.69) is 40.7 Å². The van der Waals surface area contributed by atoms with Crippen molar-refractivity contribution in [3.8, 4) is 0 Å². The number of hydrogen-bond acceptors (Lipinski definition) is 2. The SMILES string of the molecule is CNc1cc(CCc2ccccc2)nn1C. The number of aromatic nitrogens is 2. The maximum absolute atomic E-state index is 4.45. The van der Waals surface area contributed by atoms with E-state index in [0.29, 0.717) is 0 Å². The summed E-state index contributed by atoms with van der Waals surface area (Å²) in [5.74, 6) is 1.06. The first-order chi connectivity index (χ1) is 7.79. The van der Waals surface area contributed by atoms with Gasteiger partial charge in [-0.05, 0) is 18.4 Å². The van der Waals surface area contributed by atoms with E-state index in [1.165, 1.54) is 5.56 Å². The van der Waals surface area contributed by atoms with Crippen LogP contribution in [0.3, 0.4) is 0 Å². The van der Waals surface area contributed by atoms with Crippen molar-refractivity contribution in [1.82, 2.24) is 9.78 Å². The molecule has 1 aromatic carbocycles. The minimum atomic E-state index is 0.986. The fourth-order valence-corrected chi connectivity index (χ4v) is 1.80. The molecule has 1 heterocycles. The van der Waals surface area contributed by atoms with E-state index >= 15 is 0 Å². The lowest BCUT2D eigenvalue weighted by molar-refractivity contribution is 0.742. The van der Waals surface area contributed by atoms with Crippen molar-refractivity contribution in [1.29, 1.82) is 0 Å². The minimum absolute atomic E-state index is 0.986. The molecule has 0 saturated carbocycles. The zero-order valence-corrected chi connectivity index (χ0v) is 9.77. The van der Waals surface area contributed by atoms with Crippen LogP contribution in [0.5, 0.6) is 0 Å². The Labute approximate surface area is 96.1 Å². The Hall–Kier alpha value is -1.77. The molecule has 3 nitrogen and oxygen atoms in total. The summed E-state index contributed by atoms with van der Waals surface area (Å²) in [7, 11) is 3.87. The van der Waals surface area contributed by atoms with Gasteiger partial charge in [0.15, 0.2) is 0 Å². The van der Waals surface area contributed by atoms with Gasteiger partial charge in [0.1, 0.15) is 5.82 Å². The summed E-state index contributed by atoms with van der Waals surface area (Å²) in [6, 6.07) is 12.6. The van der Waals surface area contributed by atoms with Gasteiger partial charge in [-0.3, -0.25) is 4.68 Å². The second-order valence-corrected chi connectivity index (χ2v) is 3.88. The van der Waals surface area contributed by atoms with Crippen LogP contribution in [0.4, 0.5) is 5.82 Å². The Morgan fingerprint density at radius 1 is 1.19 bits per heavy atom. The second kappa shape index (κ2) is 4.84. The molecule has 0 spiro atoms. The van der Waals surface area contributed by atoms with Gasteiger partial charge >= 0.3 is 0 Å². The van der Waals surface area contributed by atoms with Gasteiger partial charge in [-0.1, -0.05) is 30.3 Å². The maximum atomic E-state index is 4.45. The van der Waals surface area contributed by atoms with Crippen molar-refractivity contribution < 1.29 is 0 Å². The fraction of sp³-hybridized carbons (Fsp3) is 0.308. The predicted molar refractivity (Wildman–Crippen MR) is 66.6 cm³/mol. The molecule has 84 valence electrons. The Morgan fingerprint density at radius 2 is 1.94 bits per heavy atom. The van der Waals surface area contributed by atoms with Crippen molar-refractivity contribution in [2.24, 2.45) is 7.05 Å². The summed E-state index contributed by atoms with van der Waals surface area (Å²) in [5, 5.41) is 7.56. The van der Waals surface area contributed by atoms with E-state index in [1.54, 1.807) is 0 Å². The van der Waals surface area contributed by atoms with Crippen LogP contribution in [0.1, 0.15) is 11.3 Å². The molecule has 0 bridgehead atoms. The molecule has 0 amide bonds. The molecule has 0 aliphatic heterocycles. The average Bonchev–Trinajstić information content (AvgIpc) is 2.69. The Balaban J connectivity index is 2.00. The van der Waals surface area contributed by atoms with Crippen LogP contribution in [0.25, 0.3) is 0 Å². The van der Waals surface area contributed by atoms with E-state index in [9.17, 15) is 0 Å². The van der Waals surface area contributed by atoms with E-state index < -0.39 is 0 Å².